The highest BCUT2D eigenvalue weighted by Gasteiger charge is 2.37. The van der Waals surface area contributed by atoms with Crippen LogP contribution in [-0.2, 0) is 27.1 Å². The van der Waals surface area contributed by atoms with Gasteiger partial charge in [0.2, 0.25) is 0 Å². The lowest BCUT2D eigenvalue weighted by atomic mass is 10.0. The Labute approximate surface area is 192 Å². The number of anilines is 1. The van der Waals surface area contributed by atoms with Crippen LogP contribution in [0, 0.1) is 6.92 Å². The van der Waals surface area contributed by atoms with Crippen molar-refractivity contribution in [3.05, 3.63) is 64.2 Å². The van der Waals surface area contributed by atoms with E-state index >= 15 is 0 Å². The zero-order chi connectivity index (χ0) is 24.1. The molecule has 2 rings (SSSR count). The van der Waals surface area contributed by atoms with E-state index in [1.807, 2.05) is 0 Å². The maximum absolute atomic E-state index is 12.3. The monoisotopic (exact) mass is 457 g/mol. The summed E-state index contributed by atoms with van der Waals surface area (Å²) in [7, 11) is 0.757. The molecule has 0 spiro atoms. The van der Waals surface area contributed by atoms with Crippen molar-refractivity contribution in [2.24, 2.45) is 0 Å². The third kappa shape index (κ3) is 5.98. The minimum Gasteiger partial charge on any atom is -0.465 e. The van der Waals surface area contributed by atoms with Crippen LogP contribution in [0.1, 0.15) is 58.2 Å². The van der Waals surface area contributed by atoms with Crippen LogP contribution < -0.4 is 5.32 Å². The number of esters is 2. The molecule has 0 bridgehead atoms. The van der Waals surface area contributed by atoms with Gasteiger partial charge in [0.1, 0.15) is 0 Å². The molecule has 0 radical (unpaired) electrons. The van der Waals surface area contributed by atoms with Crippen molar-refractivity contribution in [1.82, 2.24) is 0 Å². The summed E-state index contributed by atoms with van der Waals surface area (Å²) in [6, 6.07) is 11.3. The quantitative estimate of drug-likeness (QED) is 0.405. The Kier molecular flexibility index (Phi) is 8.26. The highest BCUT2D eigenvalue weighted by Crippen LogP contribution is 2.37. The van der Waals surface area contributed by atoms with Gasteiger partial charge in [-0.15, -0.1) is 0 Å². The SMILES string of the molecule is COC(=O)c1cccc(NCc2ccc(CO[Si](C)(C)C(C)(C)C)cc2C)c1C(=O)OC. The molecule has 0 aromatic heterocycles. The molecule has 0 aliphatic carbocycles. The van der Waals surface area contributed by atoms with Crippen molar-refractivity contribution >= 4 is 25.9 Å². The fourth-order valence-electron chi connectivity index (χ4n) is 3.02. The predicted molar refractivity (Wildman–Crippen MR) is 130 cm³/mol. The molecule has 0 heterocycles. The van der Waals surface area contributed by atoms with E-state index in [0.29, 0.717) is 18.8 Å². The van der Waals surface area contributed by atoms with Gasteiger partial charge in [0.05, 0.1) is 32.0 Å². The summed E-state index contributed by atoms with van der Waals surface area (Å²) in [5, 5.41) is 3.44. The van der Waals surface area contributed by atoms with E-state index in [9.17, 15) is 9.59 Å². The van der Waals surface area contributed by atoms with Gasteiger partial charge in [-0.2, -0.15) is 0 Å². The molecule has 2 aromatic carbocycles. The molecule has 174 valence electrons. The van der Waals surface area contributed by atoms with E-state index in [-0.39, 0.29) is 16.2 Å². The van der Waals surface area contributed by atoms with Crippen LogP contribution >= 0.6 is 0 Å². The van der Waals surface area contributed by atoms with Crippen LogP contribution in [0.25, 0.3) is 0 Å². The van der Waals surface area contributed by atoms with Gasteiger partial charge in [0.15, 0.2) is 8.32 Å². The van der Waals surface area contributed by atoms with E-state index < -0.39 is 20.3 Å². The maximum atomic E-state index is 12.3. The molecule has 32 heavy (non-hydrogen) atoms. The van der Waals surface area contributed by atoms with E-state index in [1.54, 1.807) is 18.2 Å². The first-order valence-electron chi connectivity index (χ1n) is 10.7. The van der Waals surface area contributed by atoms with Crippen molar-refractivity contribution in [1.29, 1.82) is 0 Å². The molecule has 0 amide bonds. The Morgan fingerprint density at radius 2 is 1.66 bits per heavy atom. The number of benzene rings is 2. The van der Waals surface area contributed by atoms with Crippen molar-refractivity contribution in [2.75, 3.05) is 19.5 Å². The van der Waals surface area contributed by atoms with Gasteiger partial charge >= 0.3 is 11.9 Å². The number of ether oxygens (including phenoxy) is 2. The lowest BCUT2D eigenvalue weighted by Crippen LogP contribution is -2.40. The fraction of sp³-hybridized carbons (Fsp3) is 0.440. The Balaban J connectivity index is 2.18. The zero-order valence-corrected chi connectivity index (χ0v) is 21.4. The van der Waals surface area contributed by atoms with Gasteiger partial charge in [-0.1, -0.05) is 45.0 Å². The molecule has 1 N–H and O–H groups in total. The van der Waals surface area contributed by atoms with Crippen LogP contribution in [0.3, 0.4) is 0 Å². The third-order valence-corrected chi connectivity index (χ3v) is 10.6. The Bertz CT molecular complexity index is 979. The Morgan fingerprint density at radius 3 is 2.22 bits per heavy atom. The second-order valence-electron chi connectivity index (χ2n) is 9.37. The molecule has 0 aliphatic heterocycles. The molecule has 0 saturated carbocycles. The van der Waals surface area contributed by atoms with Crippen LogP contribution in [-0.4, -0.2) is 34.5 Å². The molecular weight excluding hydrogens is 422 g/mol. The van der Waals surface area contributed by atoms with Gasteiger partial charge in [0, 0.05) is 12.2 Å². The summed E-state index contributed by atoms with van der Waals surface area (Å²) in [5.74, 6) is -1.18. The highest BCUT2D eigenvalue weighted by atomic mass is 28.4. The first-order chi connectivity index (χ1) is 14.9. The van der Waals surface area contributed by atoms with Gasteiger partial charge in [0.25, 0.3) is 0 Å². The molecule has 0 saturated heterocycles. The molecule has 0 fully saturated rings. The van der Waals surface area contributed by atoms with Crippen LogP contribution in [0.15, 0.2) is 36.4 Å². The fourth-order valence-corrected chi connectivity index (χ4v) is 3.98. The maximum Gasteiger partial charge on any atom is 0.340 e. The molecular formula is C25H35NO5Si. The first kappa shape index (κ1) is 25.6. The number of rotatable bonds is 8. The van der Waals surface area contributed by atoms with Crippen LogP contribution in [0.2, 0.25) is 18.1 Å². The largest absolute Gasteiger partial charge is 0.465 e. The highest BCUT2D eigenvalue weighted by molar-refractivity contribution is 6.74. The topological polar surface area (TPSA) is 73.9 Å². The minimum absolute atomic E-state index is 0.166. The number of hydrogen-bond donors (Lipinski definition) is 1. The smallest absolute Gasteiger partial charge is 0.340 e. The zero-order valence-electron chi connectivity index (χ0n) is 20.4. The molecule has 0 unspecified atom stereocenters. The standard InChI is InChI=1S/C25H35NO5Si/c1-17-14-18(16-31-32(7,8)25(2,3)4)12-13-19(17)15-26-21-11-9-10-20(23(27)29-5)22(21)24(28)30-6/h9-14,26H,15-16H2,1-8H3. The van der Waals surface area contributed by atoms with Crippen molar-refractivity contribution in [3.63, 3.8) is 0 Å². The number of carbonyl (C=O) groups excluding carboxylic acids is 2. The molecule has 2 aromatic rings. The minimum atomic E-state index is -1.81. The van der Waals surface area contributed by atoms with Crippen LogP contribution in [0.4, 0.5) is 5.69 Å². The van der Waals surface area contributed by atoms with Gasteiger partial charge in [-0.3, -0.25) is 0 Å². The number of nitrogens with one attached hydrogen (secondary N) is 1. The summed E-state index contributed by atoms with van der Waals surface area (Å²) in [6.45, 7) is 14.3. The molecule has 0 atom stereocenters. The number of hydrogen-bond acceptors (Lipinski definition) is 6. The second-order valence-corrected chi connectivity index (χ2v) is 14.2. The van der Waals surface area contributed by atoms with Gasteiger partial charge < -0.3 is 19.2 Å². The Morgan fingerprint density at radius 1 is 1.00 bits per heavy atom. The van der Waals surface area contributed by atoms with E-state index in [0.717, 1.165) is 16.7 Å². The predicted octanol–water partition coefficient (Wildman–Crippen LogP) is 5.70. The van der Waals surface area contributed by atoms with Crippen molar-refractivity contribution in [2.45, 2.75) is 59.0 Å². The lowest BCUT2D eigenvalue weighted by Gasteiger charge is -2.36. The number of methoxy groups -OCH3 is 2. The number of carbonyl (C=O) groups is 2. The summed E-state index contributed by atoms with van der Waals surface area (Å²) in [5.41, 5.74) is 4.19. The second kappa shape index (κ2) is 10.3. The average molecular weight is 458 g/mol. The summed E-state index contributed by atoms with van der Waals surface area (Å²) >= 11 is 0. The first-order valence-corrected chi connectivity index (χ1v) is 13.6. The lowest BCUT2D eigenvalue weighted by molar-refractivity contribution is 0.0556. The van der Waals surface area contributed by atoms with E-state index in [4.69, 9.17) is 13.9 Å². The molecule has 6 nitrogen and oxygen atoms in total. The third-order valence-electron chi connectivity index (χ3n) is 6.14. The summed E-state index contributed by atoms with van der Waals surface area (Å²) in [6.07, 6.45) is 0. The molecule has 7 heteroatoms. The van der Waals surface area contributed by atoms with Gasteiger partial charge in [-0.05, 0) is 53.9 Å². The summed E-state index contributed by atoms with van der Waals surface area (Å²) < 4.78 is 16.0. The normalized spacial score (nSPS) is 11.8. The average Bonchev–Trinajstić information content (AvgIpc) is 2.74. The van der Waals surface area contributed by atoms with Crippen molar-refractivity contribution < 1.29 is 23.5 Å². The van der Waals surface area contributed by atoms with Gasteiger partial charge in [-0.25, -0.2) is 9.59 Å². The van der Waals surface area contributed by atoms with E-state index in [2.05, 4.69) is 64.3 Å². The number of aryl methyl sites for hydroxylation is 1. The molecule has 0 aliphatic rings. The van der Waals surface area contributed by atoms with Crippen molar-refractivity contribution in [3.8, 4) is 0 Å². The van der Waals surface area contributed by atoms with E-state index in [1.165, 1.54) is 14.2 Å². The van der Waals surface area contributed by atoms with Crippen LogP contribution in [0.5, 0.6) is 0 Å². The Hall–Kier alpha value is -2.64. The summed E-state index contributed by atoms with van der Waals surface area (Å²) in [4.78, 5) is 24.4.